The van der Waals surface area contributed by atoms with Gasteiger partial charge >= 0.3 is 0 Å². The highest BCUT2D eigenvalue weighted by Gasteiger charge is 2.40. The van der Waals surface area contributed by atoms with Gasteiger partial charge in [-0.25, -0.2) is 8.78 Å². The molecule has 2 saturated heterocycles. The predicted molar refractivity (Wildman–Crippen MR) is 85.5 cm³/mol. The number of benzene rings is 1. The van der Waals surface area contributed by atoms with E-state index < -0.39 is 5.92 Å². The lowest BCUT2D eigenvalue weighted by molar-refractivity contribution is -0.0601. The van der Waals surface area contributed by atoms with E-state index in [1.165, 1.54) is 5.56 Å². The summed E-state index contributed by atoms with van der Waals surface area (Å²) in [7, 11) is 2.16. The minimum Gasteiger partial charge on any atom is -0.306 e. The van der Waals surface area contributed by atoms with E-state index in [4.69, 9.17) is 0 Å². The van der Waals surface area contributed by atoms with Gasteiger partial charge < -0.3 is 9.80 Å². The first-order valence-corrected chi connectivity index (χ1v) is 8.33. The summed E-state index contributed by atoms with van der Waals surface area (Å²) in [6.45, 7) is 4.13. The molecule has 22 heavy (non-hydrogen) atoms. The fourth-order valence-corrected chi connectivity index (χ4v) is 3.84. The van der Waals surface area contributed by atoms with Crippen LogP contribution in [0.15, 0.2) is 30.3 Å². The lowest BCUT2D eigenvalue weighted by Crippen LogP contribution is -2.51. The van der Waals surface area contributed by atoms with Gasteiger partial charge in [-0.2, -0.15) is 0 Å². The van der Waals surface area contributed by atoms with Gasteiger partial charge in [0.2, 0.25) is 0 Å². The van der Waals surface area contributed by atoms with Crippen molar-refractivity contribution >= 4 is 0 Å². The number of alkyl halides is 2. The summed E-state index contributed by atoms with van der Waals surface area (Å²) in [5.41, 5.74) is 1.50. The Morgan fingerprint density at radius 3 is 2.09 bits per heavy atom. The summed E-state index contributed by atoms with van der Waals surface area (Å²) < 4.78 is 26.8. The van der Waals surface area contributed by atoms with Gasteiger partial charge in [0.05, 0.1) is 0 Å². The molecule has 0 saturated carbocycles. The second-order valence-electron chi connectivity index (χ2n) is 7.08. The molecule has 0 N–H and O–H groups in total. The van der Waals surface area contributed by atoms with Crippen LogP contribution in [0.5, 0.6) is 0 Å². The second-order valence-corrected chi connectivity index (χ2v) is 7.08. The maximum absolute atomic E-state index is 13.4. The molecular weight excluding hydrogens is 282 g/mol. The van der Waals surface area contributed by atoms with Crippen LogP contribution in [0.3, 0.4) is 0 Å². The van der Waals surface area contributed by atoms with Crippen LogP contribution in [0.2, 0.25) is 0 Å². The van der Waals surface area contributed by atoms with Crippen molar-refractivity contribution in [2.24, 2.45) is 0 Å². The standard InChI is InChI=1S/C18H26F2N2/c1-21-11-7-17(8-12-21,16-5-3-2-4-6-16)15-22-13-9-18(19,20)10-14-22/h2-6H,7-15H2,1H3. The SMILES string of the molecule is CN1CCC(CN2CCC(F)(F)CC2)(c2ccccc2)CC1. The van der Waals surface area contributed by atoms with Gasteiger partial charge in [0.25, 0.3) is 5.92 Å². The van der Waals surface area contributed by atoms with Crippen molar-refractivity contribution in [3.63, 3.8) is 0 Å². The monoisotopic (exact) mass is 308 g/mol. The van der Waals surface area contributed by atoms with Crippen molar-refractivity contribution in [3.8, 4) is 0 Å². The minimum atomic E-state index is -2.46. The van der Waals surface area contributed by atoms with Crippen LogP contribution in [-0.2, 0) is 5.41 Å². The van der Waals surface area contributed by atoms with Crippen molar-refractivity contribution in [3.05, 3.63) is 35.9 Å². The van der Waals surface area contributed by atoms with E-state index >= 15 is 0 Å². The van der Waals surface area contributed by atoms with Crippen LogP contribution in [-0.4, -0.2) is 55.5 Å². The highest BCUT2D eigenvalue weighted by molar-refractivity contribution is 5.27. The molecule has 122 valence electrons. The van der Waals surface area contributed by atoms with Crippen molar-refractivity contribution in [1.29, 1.82) is 0 Å². The third kappa shape index (κ3) is 3.49. The Hall–Kier alpha value is -1.00. The van der Waals surface area contributed by atoms with Crippen molar-refractivity contribution in [1.82, 2.24) is 9.80 Å². The molecule has 0 bridgehead atoms. The molecule has 2 nitrogen and oxygen atoms in total. The topological polar surface area (TPSA) is 6.48 Å². The maximum atomic E-state index is 13.4. The number of likely N-dealkylation sites (tertiary alicyclic amines) is 2. The summed E-state index contributed by atoms with van der Waals surface area (Å²) in [6, 6.07) is 10.7. The molecule has 0 aliphatic carbocycles. The first-order chi connectivity index (χ1) is 10.5. The first kappa shape index (κ1) is 15.9. The molecule has 1 aromatic rings. The lowest BCUT2D eigenvalue weighted by atomic mass is 9.72. The molecule has 1 aromatic carbocycles. The summed E-state index contributed by atoms with van der Waals surface area (Å²) >= 11 is 0. The average molecular weight is 308 g/mol. The summed E-state index contributed by atoms with van der Waals surface area (Å²) in [5, 5.41) is 0. The van der Waals surface area contributed by atoms with E-state index in [1.54, 1.807) is 0 Å². The van der Waals surface area contributed by atoms with Gasteiger partial charge in [0.1, 0.15) is 0 Å². The van der Waals surface area contributed by atoms with Crippen molar-refractivity contribution < 1.29 is 8.78 Å². The molecule has 0 spiro atoms. The van der Waals surface area contributed by atoms with E-state index in [9.17, 15) is 8.78 Å². The molecule has 0 radical (unpaired) electrons. The molecule has 0 amide bonds. The van der Waals surface area contributed by atoms with Gasteiger partial charge in [0.15, 0.2) is 0 Å². The number of halogens is 2. The zero-order chi connectivity index (χ0) is 15.6. The van der Waals surface area contributed by atoms with Gasteiger partial charge in [0, 0.05) is 37.9 Å². The zero-order valence-corrected chi connectivity index (χ0v) is 13.4. The van der Waals surface area contributed by atoms with Crippen LogP contribution in [0.1, 0.15) is 31.2 Å². The number of nitrogens with zero attached hydrogens (tertiary/aromatic N) is 2. The van der Waals surface area contributed by atoms with E-state index in [1.807, 2.05) is 6.07 Å². The Labute approximate surface area is 132 Å². The van der Waals surface area contributed by atoms with Crippen LogP contribution in [0.4, 0.5) is 8.78 Å². The minimum absolute atomic E-state index is 0.0117. The molecule has 0 atom stereocenters. The maximum Gasteiger partial charge on any atom is 0.250 e. The zero-order valence-electron chi connectivity index (χ0n) is 13.4. The summed E-state index contributed by atoms with van der Waals surface area (Å²) in [6.07, 6.45) is 2.25. The van der Waals surface area contributed by atoms with Crippen molar-refractivity contribution in [2.75, 3.05) is 39.8 Å². The molecule has 4 heteroatoms. The van der Waals surface area contributed by atoms with Crippen molar-refractivity contribution in [2.45, 2.75) is 37.0 Å². The highest BCUT2D eigenvalue weighted by Crippen LogP contribution is 2.38. The van der Waals surface area contributed by atoms with Crippen LogP contribution in [0, 0.1) is 0 Å². The third-order valence-electron chi connectivity index (χ3n) is 5.44. The number of hydrogen-bond acceptors (Lipinski definition) is 2. The predicted octanol–water partition coefficient (Wildman–Crippen LogP) is 3.38. The smallest absolute Gasteiger partial charge is 0.250 e. The number of rotatable bonds is 3. The molecular formula is C18H26F2N2. The molecule has 2 heterocycles. The van der Waals surface area contributed by atoms with Gasteiger partial charge in [-0.3, -0.25) is 0 Å². The highest BCUT2D eigenvalue weighted by atomic mass is 19.3. The van der Waals surface area contributed by atoms with Gasteiger partial charge in [-0.15, -0.1) is 0 Å². The molecule has 2 aliphatic rings. The molecule has 3 rings (SSSR count). The third-order valence-corrected chi connectivity index (χ3v) is 5.44. The molecule has 2 fully saturated rings. The largest absolute Gasteiger partial charge is 0.306 e. The number of piperidine rings is 2. The first-order valence-electron chi connectivity index (χ1n) is 8.33. The Morgan fingerprint density at radius 1 is 0.909 bits per heavy atom. The second kappa shape index (κ2) is 6.25. The van der Waals surface area contributed by atoms with Gasteiger partial charge in [-0.05, 0) is 38.5 Å². The van der Waals surface area contributed by atoms with E-state index in [-0.39, 0.29) is 18.3 Å². The van der Waals surface area contributed by atoms with E-state index in [0.29, 0.717) is 13.1 Å². The fraction of sp³-hybridized carbons (Fsp3) is 0.667. The van der Waals surface area contributed by atoms with E-state index in [2.05, 4.69) is 41.1 Å². The molecule has 0 aromatic heterocycles. The quantitative estimate of drug-likeness (QED) is 0.844. The summed E-state index contributed by atoms with van der Waals surface area (Å²) in [5.74, 6) is -2.46. The lowest BCUT2D eigenvalue weighted by Gasteiger charge is -2.45. The van der Waals surface area contributed by atoms with Crippen LogP contribution >= 0.6 is 0 Å². The van der Waals surface area contributed by atoms with Gasteiger partial charge in [-0.1, -0.05) is 30.3 Å². The number of hydrogen-bond donors (Lipinski definition) is 0. The Bertz CT molecular complexity index is 471. The Kier molecular flexibility index (Phi) is 4.51. The van der Waals surface area contributed by atoms with Crippen LogP contribution < -0.4 is 0 Å². The Balaban J connectivity index is 1.75. The average Bonchev–Trinajstić information content (AvgIpc) is 2.53. The Morgan fingerprint density at radius 2 is 1.50 bits per heavy atom. The fourth-order valence-electron chi connectivity index (χ4n) is 3.84. The van der Waals surface area contributed by atoms with E-state index in [0.717, 1.165) is 32.5 Å². The molecule has 2 aliphatic heterocycles. The normalized spacial score (nSPS) is 26.0. The molecule has 0 unspecified atom stereocenters. The van der Waals surface area contributed by atoms with Crippen LogP contribution in [0.25, 0.3) is 0 Å². The summed E-state index contributed by atoms with van der Waals surface area (Å²) in [4.78, 5) is 4.63.